The molecular weight excluding hydrogens is 358 g/mol. The van der Waals surface area contributed by atoms with Crippen molar-refractivity contribution >= 4 is 0 Å². The van der Waals surface area contributed by atoms with E-state index in [0.29, 0.717) is 30.8 Å². The second-order valence-electron chi connectivity index (χ2n) is 6.66. The minimum absolute atomic E-state index is 0.133. The molecule has 4 rings (SSSR count). The Balaban J connectivity index is 1.47. The summed E-state index contributed by atoms with van der Waals surface area (Å²) < 4.78 is 16.2. The Morgan fingerprint density at radius 1 is 1.18 bits per heavy atom. The van der Waals surface area contributed by atoms with Crippen molar-refractivity contribution in [3.63, 3.8) is 0 Å². The minimum Gasteiger partial charge on any atom is -0.475 e. The van der Waals surface area contributed by atoms with Gasteiger partial charge < -0.3 is 14.0 Å². The van der Waals surface area contributed by atoms with Gasteiger partial charge in [-0.2, -0.15) is 4.98 Å². The molecule has 0 bridgehead atoms. The topological polar surface area (TPSA) is 86.4 Å². The number of rotatable bonds is 8. The number of likely N-dealkylation sites (tertiary alicyclic amines) is 1. The summed E-state index contributed by atoms with van der Waals surface area (Å²) in [5.74, 6) is 1.71. The second-order valence-corrected chi connectivity index (χ2v) is 6.66. The first-order valence-corrected chi connectivity index (χ1v) is 9.38. The van der Waals surface area contributed by atoms with Crippen LogP contribution in [-0.2, 0) is 11.3 Å². The highest BCUT2D eigenvalue weighted by atomic mass is 16.5. The third-order valence-electron chi connectivity index (χ3n) is 4.76. The summed E-state index contributed by atoms with van der Waals surface area (Å²) in [6.45, 7) is 2.80. The molecule has 1 aliphatic heterocycles. The maximum Gasteiger partial charge on any atom is 0.244 e. The third-order valence-corrected chi connectivity index (χ3v) is 4.76. The summed E-state index contributed by atoms with van der Waals surface area (Å²) in [5.41, 5.74) is 2.05. The van der Waals surface area contributed by atoms with Gasteiger partial charge in [0.05, 0.1) is 12.6 Å². The van der Waals surface area contributed by atoms with Gasteiger partial charge in [-0.25, -0.2) is 4.98 Å². The van der Waals surface area contributed by atoms with Crippen LogP contribution in [0.5, 0.6) is 5.88 Å². The van der Waals surface area contributed by atoms with Crippen LogP contribution in [0.2, 0.25) is 0 Å². The van der Waals surface area contributed by atoms with Gasteiger partial charge in [-0.3, -0.25) is 9.88 Å². The molecule has 28 heavy (non-hydrogen) atoms. The van der Waals surface area contributed by atoms with Crippen molar-refractivity contribution in [3.8, 4) is 17.3 Å². The Morgan fingerprint density at radius 3 is 2.93 bits per heavy atom. The lowest BCUT2D eigenvalue weighted by Crippen LogP contribution is -2.23. The van der Waals surface area contributed by atoms with Gasteiger partial charge in [0, 0.05) is 43.9 Å². The molecule has 0 N–H and O–H groups in total. The molecule has 8 heteroatoms. The molecule has 4 heterocycles. The number of ether oxygens (including phenoxy) is 2. The van der Waals surface area contributed by atoms with Gasteiger partial charge >= 0.3 is 0 Å². The summed E-state index contributed by atoms with van der Waals surface area (Å²) in [5, 5.41) is 4.18. The quantitative estimate of drug-likeness (QED) is 0.551. The molecule has 0 spiro atoms. The highest BCUT2D eigenvalue weighted by Crippen LogP contribution is 2.33. The predicted molar refractivity (Wildman–Crippen MR) is 102 cm³/mol. The van der Waals surface area contributed by atoms with Crippen LogP contribution >= 0.6 is 0 Å². The number of hydrogen-bond donors (Lipinski definition) is 0. The van der Waals surface area contributed by atoms with E-state index in [1.54, 1.807) is 13.3 Å². The molecule has 3 aromatic heterocycles. The first-order valence-electron chi connectivity index (χ1n) is 9.38. The van der Waals surface area contributed by atoms with Crippen molar-refractivity contribution in [1.29, 1.82) is 0 Å². The van der Waals surface area contributed by atoms with E-state index < -0.39 is 0 Å². The van der Waals surface area contributed by atoms with E-state index in [1.165, 1.54) is 5.56 Å². The number of pyridine rings is 2. The maximum absolute atomic E-state index is 5.61. The van der Waals surface area contributed by atoms with Gasteiger partial charge in [0.15, 0.2) is 0 Å². The summed E-state index contributed by atoms with van der Waals surface area (Å²) in [4.78, 5) is 15.3. The van der Waals surface area contributed by atoms with Gasteiger partial charge in [0.25, 0.3) is 0 Å². The van der Waals surface area contributed by atoms with Crippen molar-refractivity contribution in [2.24, 2.45) is 0 Å². The van der Waals surface area contributed by atoms with Crippen LogP contribution in [0.4, 0.5) is 0 Å². The maximum atomic E-state index is 5.61. The van der Waals surface area contributed by atoms with Crippen LogP contribution in [0.1, 0.15) is 30.3 Å². The lowest BCUT2D eigenvalue weighted by Gasteiger charge is -2.21. The van der Waals surface area contributed by atoms with E-state index in [1.807, 2.05) is 36.7 Å². The molecule has 1 aliphatic rings. The standard InChI is InChI=1S/C20H23N5O3/c1-26-11-12-27-18-13-16(6-9-22-18)19-23-20(28-24-19)17-3-2-10-25(17)14-15-4-7-21-8-5-15/h4-9,13,17H,2-3,10-12,14H2,1H3/t17-/m1/s1. The molecule has 0 saturated carbocycles. The van der Waals surface area contributed by atoms with Crippen molar-refractivity contribution in [2.75, 3.05) is 26.9 Å². The SMILES string of the molecule is COCCOc1cc(-c2noc([C@H]3CCCN3Cc3ccncc3)n2)ccn1. The largest absolute Gasteiger partial charge is 0.475 e. The molecule has 1 saturated heterocycles. The van der Waals surface area contributed by atoms with Crippen molar-refractivity contribution < 1.29 is 14.0 Å². The Bertz CT molecular complexity index is 886. The molecule has 8 nitrogen and oxygen atoms in total. The Morgan fingerprint density at radius 2 is 2.07 bits per heavy atom. The fourth-order valence-corrected chi connectivity index (χ4v) is 3.36. The van der Waals surface area contributed by atoms with Crippen molar-refractivity contribution in [2.45, 2.75) is 25.4 Å². The average molecular weight is 381 g/mol. The second kappa shape index (κ2) is 8.90. The summed E-state index contributed by atoms with van der Waals surface area (Å²) in [7, 11) is 1.63. The number of aromatic nitrogens is 4. The number of nitrogens with zero attached hydrogens (tertiary/aromatic N) is 5. The van der Waals surface area contributed by atoms with Crippen LogP contribution in [0, 0.1) is 0 Å². The normalized spacial score (nSPS) is 17.1. The summed E-state index contributed by atoms with van der Waals surface area (Å²) >= 11 is 0. The Labute approximate surface area is 163 Å². The smallest absolute Gasteiger partial charge is 0.244 e. The molecule has 0 amide bonds. The molecule has 0 aliphatic carbocycles. The van der Waals surface area contributed by atoms with Crippen molar-refractivity contribution in [1.82, 2.24) is 25.0 Å². The Kier molecular flexibility index (Phi) is 5.89. The van der Waals surface area contributed by atoms with Gasteiger partial charge in [0.2, 0.25) is 17.6 Å². The van der Waals surface area contributed by atoms with E-state index in [9.17, 15) is 0 Å². The van der Waals surface area contributed by atoms with Gasteiger partial charge in [-0.15, -0.1) is 0 Å². The van der Waals surface area contributed by atoms with E-state index in [-0.39, 0.29) is 6.04 Å². The first-order chi connectivity index (χ1) is 13.8. The van der Waals surface area contributed by atoms with Crippen LogP contribution in [0.15, 0.2) is 47.4 Å². The molecule has 3 aromatic rings. The number of methoxy groups -OCH3 is 1. The van der Waals surface area contributed by atoms with Crippen molar-refractivity contribution in [3.05, 3.63) is 54.3 Å². The molecule has 0 aromatic carbocycles. The molecular formula is C20H23N5O3. The van der Waals surface area contributed by atoms with E-state index >= 15 is 0 Å². The monoisotopic (exact) mass is 381 g/mol. The highest BCUT2D eigenvalue weighted by Gasteiger charge is 2.30. The van der Waals surface area contributed by atoms with Gasteiger partial charge in [0.1, 0.15) is 6.61 Å². The lowest BCUT2D eigenvalue weighted by atomic mass is 10.2. The zero-order valence-corrected chi connectivity index (χ0v) is 15.8. The van der Waals surface area contributed by atoms with E-state index in [0.717, 1.165) is 31.5 Å². The molecule has 1 atom stereocenters. The summed E-state index contributed by atoms with van der Waals surface area (Å²) in [6, 6.07) is 7.87. The predicted octanol–water partition coefficient (Wildman–Crippen LogP) is 2.89. The minimum atomic E-state index is 0.133. The van der Waals surface area contributed by atoms with Gasteiger partial charge in [-0.05, 0) is 43.1 Å². The van der Waals surface area contributed by atoms with Crippen LogP contribution in [0.25, 0.3) is 11.4 Å². The lowest BCUT2D eigenvalue weighted by molar-refractivity contribution is 0.144. The van der Waals surface area contributed by atoms with Crippen LogP contribution < -0.4 is 4.74 Å². The van der Waals surface area contributed by atoms with Crippen LogP contribution in [0.3, 0.4) is 0 Å². The van der Waals surface area contributed by atoms with E-state index in [2.05, 4.69) is 25.0 Å². The number of hydrogen-bond acceptors (Lipinski definition) is 8. The fourth-order valence-electron chi connectivity index (χ4n) is 3.36. The third kappa shape index (κ3) is 4.35. The van der Waals surface area contributed by atoms with E-state index in [4.69, 9.17) is 14.0 Å². The van der Waals surface area contributed by atoms with Crippen LogP contribution in [-0.4, -0.2) is 51.9 Å². The fraction of sp³-hybridized carbons (Fsp3) is 0.400. The van der Waals surface area contributed by atoms with Gasteiger partial charge in [-0.1, -0.05) is 5.16 Å². The summed E-state index contributed by atoms with van der Waals surface area (Å²) in [6.07, 6.45) is 7.44. The Hall–Kier alpha value is -2.84. The molecule has 146 valence electrons. The molecule has 0 unspecified atom stereocenters. The first kappa shape index (κ1) is 18.5. The zero-order chi connectivity index (χ0) is 19.2. The highest BCUT2D eigenvalue weighted by molar-refractivity contribution is 5.55. The molecule has 0 radical (unpaired) electrons. The zero-order valence-electron chi connectivity index (χ0n) is 15.8. The average Bonchev–Trinajstić information content (AvgIpc) is 3.39. The molecule has 1 fully saturated rings.